The second kappa shape index (κ2) is 6.57. The average molecular weight is 252 g/mol. The highest BCUT2D eigenvalue weighted by Gasteiger charge is 2.25. The molecule has 1 fully saturated rings. The molecule has 0 saturated carbocycles. The van der Waals surface area contributed by atoms with Crippen LogP contribution < -0.4 is 0 Å². The fourth-order valence-corrected chi connectivity index (χ4v) is 2.35. The summed E-state index contributed by atoms with van der Waals surface area (Å²) in [5, 5.41) is 0. The van der Waals surface area contributed by atoms with Crippen molar-refractivity contribution in [3.05, 3.63) is 12.7 Å². The summed E-state index contributed by atoms with van der Waals surface area (Å²) in [6, 6.07) is 0. The molecule has 0 aliphatic carbocycles. The molecule has 0 aromatic rings. The lowest BCUT2D eigenvalue weighted by Crippen LogP contribution is -2.44. The standard InChI is InChI=1S/C14H24N2O2/c1-5-13(17)15(4)10-14(18)16-8-6-12(7-9-16)11(2)3/h5,11-12H,1,6-10H2,2-4H3. The van der Waals surface area contributed by atoms with Gasteiger partial charge in [-0.15, -0.1) is 0 Å². The van der Waals surface area contributed by atoms with Gasteiger partial charge < -0.3 is 9.80 Å². The Balaban J connectivity index is 2.41. The fourth-order valence-electron chi connectivity index (χ4n) is 2.35. The SMILES string of the molecule is C=CC(=O)N(C)CC(=O)N1CCC(C(C)C)CC1. The second-order valence-electron chi connectivity index (χ2n) is 5.36. The zero-order chi connectivity index (χ0) is 13.7. The molecule has 4 nitrogen and oxygen atoms in total. The van der Waals surface area contributed by atoms with Crippen molar-refractivity contribution in [2.24, 2.45) is 11.8 Å². The Kier molecular flexibility index (Phi) is 5.38. The molecule has 0 radical (unpaired) electrons. The zero-order valence-corrected chi connectivity index (χ0v) is 11.7. The van der Waals surface area contributed by atoms with Crippen molar-refractivity contribution in [2.45, 2.75) is 26.7 Å². The van der Waals surface area contributed by atoms with Gasteiger partial charge in [-0.1, -0.05) is 20.4 Å². The van der Waals surface area contributed by atoms with Gasteiger partial charge >= 0.3 is 0 Å². The van der Waals surface area contributed by atoms with Crippen LogP contribution in [0.1, 0.15) is 26.7 Å². The van der Waals surface area contributed by atoms with Crippen molar-refractivity contribution < 1.29 is 9.59 Å². The summed E-state index contributed by atoms with van der Waals surface area (Å²) in [7, 11) is 1.63. The van der Waals surface area contributed by atoms with Gasteiger partial charge in [0.15, 0.2) is 0 Å². The maximum absolute atomic E-state index is 12.0. The average Bonchev–Trinajstić information content (AvgIpc) is 2.37. The van der Waals surface area contributed by atoms with Gasteiger partial charge in [-0.3, -0.25) is 9.59 Å². The molecule has 1 heterocycles. The van der Waals surface area contributed by atoms with E-state index in [-0.39, 0.29) is 18.4 Å². The first kappa shape index (κ1) is 14.7. The summed E-state index contributed by atoms with van der Waals surface area (Å²) >= 11 is 0. The van der Waals surface area contributed by atoms with E-state index in [0.717, 1.165) is 31.8 Å². The number of carbonyl (C=O) groups excluding carboxylic acids is 2. The molecule has 1 aliphatic heterocycles. The molecule has 0 spiro atoms. The summed E-state index contributed by atoms with van der Waals surface area (Å²) in [5.41, 5.74) is 0. The minimum atomic E-state index is -0.208. The molecule has 1 saturated heterocycles. The fraction of sp³-hybridized carbons (Fsp3) is 0.714. The number of piperidine rings is 1. The van der Waals surface area contributed by atoms with Crippen molar-refractivity contribution in [3.63, 3.8) is 0 Å². The topological polar surface area (TPSA) is 40.6 Å². The lowest BCUT2D eigenvalue weighted by atomic mass is 9.87. The monoisotopic (exact) mass is 252 g/mol. The first-order valence-corrected chi connectivity index (χ1v) is 6.61. The molecule has 0 N–H and O–H groups in total. The van der Waals surface area contributed by atoms with Crippen LogP contribution in [0.3, 0.4) is 0 Å². The van der Waals surface area contributed by atoms with Crippen molar-refractivity contribution in [1.29, 1.82) is 0 Å². The van der Waals surface area contributed by atoms with E-state index in [9.17, 15) is 9.59 Å². The third-order valence-electron chi connectivity index (χ3n) is 3.76. The van der Waals surface area contributed by atoms with Gasteiger partial charge in [0.2, 0.25) is 11.8 Å². The lowest BCUT2D eigenvalue weighted by Gasteiger charge is -2.34. The minimum Gasteiger partial charge on any atom is -0.341 e. The van der Waals surface area contributed by atoms with Gasteiger partial charge in [0, 0.05) is 20.1 Å². The van der Waals surface area contributed by atoms with E-state index in [1.807, 2.05) is 4.90 Å². The Hall–Kier alpha value is -1.32. The van der Waals surface area contributed by atoms with Crippen molar-refractivity contribution in [3.8, 4) is 0 Å². The molecular weight excluding hydrogens is 228 g/mol. The van der Waals surface area contributed by atoms with Crippen LogP contribution in [0.5, 0.6) is 0 Å². The van der Waals surface area contributed by atoms with Crippen molar-refractivity contribution >= 4 is 11.8 Å². The molecule has 2 amide bonds. The smallest absolute Gasteiger partial charge is 0.246 e. The van der Waals surface area contributed by atoms with Gasteiger partial charge in [0.25, 0.3) is 0 Å². The van der Waals surface area contributed by atoms with E-state index < -0.39 is 0 Å². The number of nitrogens with zero attached hydrogens (tertiary/aromatic N) is 2. The maximum Gasteiger partial charge on any atom is 0.246 e. The van der Waals surface area contributed by atoms with E-state index in [1.165, 1.54) is 11.0 Å². The van der Waals surface area contributed by atoms with Crippen LogP contribution in [-0.2, 0) is 9.59 Å². The van der Waals surface area contributed by atoms with Gasteiger partial charge in [-0.25, -0.2) is 0 Å². The highest BCUT2D eigenvalue weighted by molar-refractivity contribution is 5.90. The van der Waals surface area contributed by atoms with Gasteiger partial charge in [-0.05, 0) is 30.8 Å². The Labute approximate surface area is 110 Å². The number of rotatable bonds is 4. The number of hydrogen-bond donors (Lipinski definition) is 0. The summed E-state index contributed by atoms with van der Waals surface area (Å²) < 4.78 is 0. The van der Waals surface area contributed by atoms with E-state index in [1.54, 1.807) is 7.05 Å². The van der Waals surface area contributed by atoms with Crippen molar-refractivity contribution in [2.75, 3.05) is 26.7 Å². The van der Waals surface area contributed by atoms with Crippen LogP contribution in [0.2, 0.25) is 0 Å². The third kappa shape index (κ3) is 3.86. The largest absolute Gasteiger partial charge is 0.341 e. The molecule has 4 heteroatoms. The van der Waals surface area contributed by atoms with E-state index in [4.69, 9.17) is 0 Å². The van der Waals surface area contributed by atoms with Crippen LogP contribution in [0.4, 0.5) is 0 Å². The highest BCUT2D eigenvalue weighted by atomic mass is 16.2. The van der Waals surface area contributed by atoms with E-state index in [2.05, 4.69) is 20.4 Å². The first-order valence-electron chi connectivity index (χ1n) is 6.61. The second-order valence-corrected chi connectivity index (χ2v) is 5.36. The predicted molar refractivity (Wildman–Crippen MR) is 72.0 cm³/mol. The number of hydrogen-bond acceptors (Lipinski definition) is 2. The normalized spacial score (nSPS) is 16.8. The van der Waals surface area contributed by atoms with Crippen LogP contribution >= 0.6 is 0 Å². The summed E-state index contributed by atoms with van der Waals surface area (Å²) in [4.78, 5) is 26.6. The number of amides is 2. The van der Waals surface area contributed by atoms with E-state index >= 15 is 0 Å². The molecule has 0 unspecified atom stereocenters. The number of likely N-dealkylation sites (N-methyl/N-ethyl adjacent to an activating group) is 1. The molecule has 0 atom stereocenters. The van der Waals surface area contributed by atoms with Crippen LogP contribution in [0, 0.1) is 11.8 Å². The van der Waals surface area contributed by atoms with Crippen LogP contribution in [-0.4, -0.2) is 48.3 Å². The quantitative estimate of drug-likeness (QED) is 0.712. The predicted octanol–water partition coefficient (Wildman–Crippen LogP) is 1.53. The number of carbonyl (C=O) groups is 2. The maximum atomic E-state index is 12.0. The summed E-state index contributed by atoms with van der Waals surface area (Å²) in [6.45, 7) is 9.67. The minimum absolute atomic E-state index is 0.0370. The Morgan fingerprint density at radius 1 is 1.39 bits per heavy atom. The number of likely N-dealkylation sites (tertiary alicyclic amines) is 1. The molecule has 102 valence electrons. The molecule has 0 aromatic carbocycles. The van der Waals surface area contributed by atoms with Crippen LogP contribution in [0.25, 0.3) is 0 Å². The van der Waals surface area contributed by atoms with Crippen LogP contribution in [0.15, 0.2) is 12.7 Å². The Morgan fingerprint density at radius 2 is 1.94 bits per heavy atom. The van der Waals surface area contributed by atoms with Gasteiger partial charge in [0.05, 0.1) is 6.54 Å². The molecule has 0 bridgehead atoms. The molecule has 1 rings (SSSR count). The van der Waals surface area contributed by atoms with Gasteiger partial charge in [0.1, 0.15) is 0 Å². The first-order chi connectivity index (χ1) is 8.45. The Bertz CT molecular complexity index is 318. The Morgan fingerprint density at radius 3 is 2.39 bits per heavy atom. The molecule has 0 aromatic heterocycles. The molecular formula is C14H24N2O2. The molecule has 1 aliphatic rings. The third-order valence-corrected chi connectivity index (χ3v) is 3.76. The zero-order valence-electron chi connectivity index (χ0n) is 11.7. The van der Waals surface area contributed by atoms with Gasteiger partial charge in [-0.2, -0.15) is 0 Å². The lowest BCUT2D eigenvalue weighted by molar-refractivity contribution is -0.138. The van der Waals surface area contributed by atoms with E-state index in [0.29, 0.717) is 5.92 Å². The summed E-state index contributed by atoms with van der Waals surface area (Å²) in [6.07, 6.45) is 3.38. The van der Waals surface area contributed by atoms with Crippen molar-refractivity contribution in [1.82, 2.24) is 9.80 Å². The molecule has 18 heavy (non-hydrogen) atoms. The highest BCUT2D eigenvalue weighted by Crippen LogP contribution is 2.24. The summed E-state index contributed by atoms with van der Waals surface area (Å²) in [5.74, 6) is 1.24.